The number of hydrogen-bond donors (Lipinski definition) is 0. The van der Waals surface area contributed by atoms with Crippen molar-refractivity contribution in [3.05, 3.63) is 315 Å². The van der Waals surface area contributed by atoms with Crippen LogP contribution in [0.1, 0.15) is 108 Å². The first kappa shape index (κ1) is 52.0. The maximum atomic E-state index is 14.4. The minimum Gasteiger partial charge on any atom is -0.289 e. The minimum absolute atomic E-state index is 0.103. The molecule has 0 N–H and O–H groups in total. The van der Waals surface area contributed by atoms with Crippen LogP contribution in [-0.2, 0) is 10.8 Å². The second-order valence-electron chi connectivity index (χ2n) is 22.8. The van der Waals surface area contributed by atoms with Gasteiger partial charge in [0, 0.05) is 52.6 Å². The largest absolute Gasteiger partial charge is 0.289 e. The van der Waals surface area contributed by atoms with E-state index in [1.165, 1.54) is 0 Å². The van der Waals surface area contributed by atoms with Crippen molar-refractivity contribution in [2.24, 2.45) is 0 Å². The first-order chi connectivity index (χ1) is 41.9. The van der Waals surface area contributed by atoms with E-state index in [4.69, 9.17) is 0 Å². The molecule has 0 saturated heterocycles. The van der Waals surface area contributed by atoms with Gasteiger partial charge in [-0.3, -0.25) is 9.59 Å². The number of fused-ring (bicyclic) bond motifs is 12. The highest BCUT2D eigenvalue weighted by molar-refractivity contribution is 7.20. The average Bonchev–Trinajstić information content (AvgIpc) is 1.50. The molecule has 0 aliphatic heterocycles. The first-order valence-corrected chi connectivity index (χ1v) is 30.0. The van der Waals surface area contributed by atoms with E-state index in [1.807, 2.05) is 48.6 Å². The minimum atomic E-state index is -0.876. The summed E-state index contributed by atoms with van der Waals surface area (Å²) in [7, 11) is 0. The highest BCUT2D eigenvalue weighted by atomic mass is 32.1. The van der Waals surface area contributed by atoms with Crippen LogP contribution in [0.4, 0.5) is 0 Å². The van der Waals surface area contributed by atoms with Crippen LogP contribution in [-0.4, -0.2) is 11.6 Å². The third-order valence-electron chi connectivity index (χ3n) is 18.1. The second kappa shape index (κ2) is 19.4. The molecule has 0 amide bonds. The second-order valence-corrected chi connectivity index (χ2v) is 25.0. The van der Waals surface area contributed by atoms with Crippen molar-refractivity contribution in [1.29, 1.82) is 21.0 Å². The normalized spacial score (nSPS) is 15.4. The topological polar surface area (TPSA) is 129 Å². The van der Waals surface area contributed by atoms with Gasteiger partial charge in [0.1, 0.15) is 35.4 Å². The monoisotopic (exact) mass is 1130 g/mol. The molecule has 86 heavy (non-hydrogen) atoms. The highest BCUT2D eigenvalue weighted by Crippen LogP contribution is 2.65. The smallest absolute Gasteiger partial charge is 0.194 e. The Hall–Kier alpha value is -10.8. The van der Waals surface area contributed by atoms with Crippen molar-refractivity contribution >= 4 is 77.7 Å². The predicted molar refractivity (Wildman–Crippen MR) is 345 cm³/mol. The van der Waals surface area contributed by atoms with Crippen LogP contribution in [0.3, 0.4) is 0 Å². The van der Waals surface area contributed by atoms with Gasteiger partial charge < -0.3 is 0 Å². The summed E-state index contributed by atoms with van der Waals surface area (Å²) in [6.07, 6.45) is 3.74. The molecule has 0 bridgehead atoms. The van der Waals surface area contributed by atoms with Gasteiger partial charge in [0.05, 0.1) is 10.8 Å². The molecule has 0 unspecified atom stereocenters. The lowest BCUT2D eigenvalue weighted by Crippen LogP contribution is -2.30. The number of carbonyl (C=O) groups is 2. The van der Waals surface area contributed by atoms with Crippen LogP contribution in [0.2, 0.25) is 0 Å². The Labute approximate surface area is 505 Å². The van der Waals surface area contributed by atoms with Crippen molar-refractivity contribution in [1.82, 2.24) is 0 Å². The third-order valence-corrected chi connectivity index (χ3v) is 20.2. The van der Waals surface area contributed by atoms with Crippen LogP contribution >= 0.6 is 22.7 Å². The first-order valence-electron chi connectivity index (χ1n) is 28.3. The van der Waals surface area contributed by atoms with Gasteiger partial charge in [0.15, 0.2) is 11.6 Å². The number of hydrogen-bond acceptors (Lipinski definition) is 8. The summed E-state index contributed by atoms with van der Waals surface area (Å²) in [5.74, 6) is -0.441. The van der Waals surface area contributed by atoms with Crippen LogP contribution in [0, 0.1) is 73.0 Å². The van der Waals surface area contributed by atoms with Crippen LogP contribution in [0.25, 0.3) is 65.7 Å². The lowest BCUT2D eigenvalue weighted by Gasteiger charge is -2.36. The molecule has 2 heterocycles. The van der Waals surface area contributed by atoms with E-state index in [0.29, 0.717) is 44.5 Å². The maximum absolute atomic E-state index is 14.4. The van der Waals surface area contributed by atoms with Crippen LogP contribution in [0.5, 0.6) is 0 Å². The van der Waals surface area contributed by atoms with E-state index in [-0.39, 0.29) is 22.7 Å². The van der Waals surface area contributed by atoms with Gasteiger partial charge in [0.25, 0.3) is 0 Å². The fourth-order valence-corrected chi connectivity index (χ4v) is 16.4. The Balaban J connectivity index is 1.04. The number of Topliss-reactive ketones (excluding diaryl/α,β-unsaturated/α-hetero) is 2. The van der Waals surface area contributed by atoms with E-state index < -0.39 is 10.8 Å². The summed E-state index contributed by atoms with van der Waals surface area (Å²) in [6.45, 7) is 8.48. The zero-order valence-corrected chi connectivity index (χ0v) is 48.7. The Morgan fingerprint density at radius 2 is 0.686 bits per heavy atom. The Morgan fingerprint density at radius 3 is 1.00 bits per heavy atom. The van der Waals surface area contributed by atoms with Gasteiger partial charge in [-0.2, -0.15) is 21.0 Å². The third kappa shape index (κ3) is 7.25. The summed E-state index contributed by atoms with van der Waals surface area (Å²) in [4.78, 5) is 30.4. The van der Waals surface area contributed by atoms with E-state index in [9.17, 15) is 30.6 Å². The van der Waals surface area contributed by atoms with Crippen molar-refractivity contribution < 1.29 is 9.59 Å². The van der Waals surface area contributed by atoms with Crippen LogP contribution < -0.4 is 0 Å². The summed E-state index contributed by atoms with van der Waals surface area (Å²) in [6, 6.07) is 76.9. The number of allylic oxidation sites excluding steroid dienone is 6. The number of nitriles is 4. The molecule has 15 rings (SSSR count). The van der Waals surface area contributed by atoms with Crippen molar-refractivity contribution in [2.45, 2.75) is 38.5 Å². The fraction of sp³-hybridized carbons (Fsp3) is 0.0769. The lowest BCUT2D eigenvalue weighted by atomic mass is 9.65. The number of carbonyl (C=O) groups excluding carboxylic acids is 2. The molecule has 0 atom stereocenters. The van der Waals surface area contributed by atoms with Gasteiger partial charge in [-0.25, -0.2) is 0 Å². The molecule has 4 aliphatic rings. The molecule has 2 aromatic heterocycles. The highest BCUT2D eigenvalue weighted by Gasteiger charge is 2.53. The maximum Gasteiger partial charge on any atom is 0.194 e. The van der Waals surface area contributed by atoms with Crippen LogP contribution in [0.15, 0.2) is 216 Å². The summed E-state index contributed by atoms with van der Waals surface area (Å²) >= 11 is 3.18. The predicted octanol–water partition coefficient (Wildman–Crippen LogP) is 18.2. The number of thiophene rings is 2. The molecule has 0 saturated carbocycles. The van der Waals surface area contributed by atoms with E-state index in [1.54, 1.807) is 34.8 Å². The lowest BCUT2D eigenvalue weighted by molar-refractivity contribution is 0.103. The Kier molecular flexibility index (Phi) is 11.7. The molecule has 402 valence electrons. The molecule has 11 aromatic rings. The SMILES string of the molecule is Cc1ccc(C2(c3ccc(C)cc3)c3cc4c(cc3-c3ccc5sc(C=C6C(=O)c7ccccc7C6=C(C#N)C#N)cc5c32)C(c2ccc(C)cc2)(c2ccc(C)cc2)c2c-4ccc3sc(C=C4C(=O)c5ccccc5C4=C(C#N)C#N)cc23)cc1. The molecule has 4 aliphatic carbocycles. The number of rotatable bonds is 6. The van der Waals surface area contributed by atoms with Crippen molar-refractivity contribution in [2.75, 3.05) is 0 Å². The van der Waals surface area contributed by atoms with Gasteiger partial charge >= 0.3 is 0 Å². The molecular formula is C78H46N4O2S2. The fourth-order valence-electron chi connectivity index (χ4n) is 14.3. The molecule has 0 radical (unpaired) electrons. The number of ketones is 2. The van der Waals surface area contributed by atoms with Gasteiger partial charge in [0.2, 0.25) is 0 Å². The Morgan fingerprint density at radius 1 is 0.372 bits per heavy atom. The molecule has 8 heteroatoms. The molecule has 0 fully saturated rings. The van der Waals surface area contributed by atoms with Gasteiger partial charge in [-0.15, -0.1) is 22.7 Å². The summed E-state index contributed by atoms with van der Waals surface area (Å²) in [5.41, 5.74) is 19.4. The van der Waals surface area contributed by atoms with Crippen molar-refractivity contribution in [3.8, 4) is 46.5 Å². The van der Waals surface area contributed by atoms with Crippen molar-refractivity contribution in [3.63, 3.8) is 0 Å². The van der Waals surface area contributed by atoms with E-state index >= 15 is 0 Å². The van der Waals surface area contributed by atoms with Gasteiger partial charge in [-0.1, -0.05) is 180 Å². The average molecular weight is 1140 g/mol. The molecule has 6 nitrogen and oxygen atoms in total. The molecule has 0 spiro atoms. The zero-order chi connectivity index (χ0) is 58.9. The number of aryl methyl sites for hydroxylation is 4. The molecule has 9 aromatic carbocycles. The Bertz CT molecular complexity index is 4750. The quantitative estimate of drug-likeness (QED) is 0.120. The zero-order valence-electron chi connectivity index (χ0n) is 47.1. The molecular weight excluding hydrogens is 1090 g/mol. The van der Waals surface area contributed by atoms with Gasteiger partial charge in [-0.05, 0) is 165 Å². The summed E-state index contributed by atoms with van der Waals surface area (Å²) in [5, 5.41) is 43.1. The van der Waals surface area contributed by atoms with E-state index in [0.717, 1.165) is 119 Å². The van der Waals surface area contributed by atoms with E-state index in [2.05, 4.69) is 198 Å². The number of nitrogens with zero attached hydrogens (tertiary/aromatic N) is 4. The number of benzene rings is 9. The summed E-state index contributed by atoms with van der Waals surface area (Å²) < 4.78 is 2.06. The standard InChI is InChI=1S/C78H46N4O2S2/c1-43-13-21-49(22-14-43)77(50-23-15-44(2)16-24-50)67-37-62-58-30-32-70-64(34-54(86-70)36-66-72(48(41-81)42-82)56-10-6-8-12-60(56)76(66)84)74(58)78(51-25-17-45(3)18-26-51,52-27-19-46(4)20-28-52)68(62)38-61(67)57-29-31-69-63(73(57)77)33-53(85-69)35-65-71(47(39-79)40-80)55-9-5-7-11-59(55)75(65)83/h5-38H,1-4H3.